The van der Waals surface area contributed by atoms with Gasteiger partial charge in [-0.05, 0) is 49.2 Å². The topological polar surface area (TPSA) is 113 Å². The molecular formula is C23H24N4O5. The van der Waals surface area contributed by atoms with Gasteiger partial charge in [0.25, 0.3) is 5.91 Å². The van der Waals surface area contributed by atoms with Gasteiger partial charge in [0.15, 0.2) is 5.78 Å². The average Bonchev–Trinajstić information content (AvgIpc) is 3.23. The van der Waals surface area contributed by atoms with Crippen LogP contribution < -0.4 is 10.1 Å². The Bertz CT molecular complexity index is 1150. The minimum Gasteiger partial charge on any atom is -0.410 e. The number of likely N-dealkylation sites (tertiary alicyclic amines) is 1. The first-order valence-corrected chi connectivity index (χ1v) is 10.5. The van der Waals surface area contributed by atoms with E-state index in [0.717, 1.165) is 0 Å². The maximum Gasteiger partial charge on any atom is 0.415 e. The van der Waals surface area contributed by atoms with Gasteiger partial charge in [0, 0.05) is 37.5 Å². The number of rotatable bonds is 5. The molecule has 1 aliphatic heterocycles. The number of aliphatic hydroxyl groups excluding tert-OH is 1. The fourth-order valence-electron chi connectivity index (χ4n) is 3.47. The first kappa shape index (κ1) is 21.5. The van der Waals surface area contributed by atoms with Crippen LogP contribution in [0.2, 0.25) is 0 Å². The van der Waals surface area contributed by atoms with E-state index in [1.807, 2.05) is 0 Å². The monoisotopic (exact) mass is 436 g/mol. The third kappa shape index (κ3) is 4.78. The molecule has 0 unspecified atom stereocenters. The summed E-state index contributed by atoms with van der Waals surface area (Å²) < 4.78 is 7.05. The molecule has 0 radical (unpaired) electrons. The van der Waals surface area contributed by atoms with Crippen LogP contribution in [0, 0.1) is 0 Å². The van der Waals surface area contributed by atoms with Crippen molar-refractivity contribution in [3.8, 4) is 5.75 Å². The number of nitrogens with zero attached hydrogens (tertiary/aromatic N) is 3. The maximum absolute atomic E-state index is 12.6. The van der Waals surface area contributed by atoms with Gasteiger partial charge in [-0.1, -0.05) is 6.92 Å². The van der Waals surface area contributed by atoms with E-state index in [1.54, 1.807) is 65.0 Å². The Hall–Kier alpha value is -3.72. The van der Waals surface area contributed by atoms with Crippen molar-refractivity contribution >= 4 is 29.1 Å². The highest BCUT2D eigenvalue weighted by Gasteiger charge is 2.22. The third-order valence-electron chi connectivity index (χ3n) is 5.36. The number of hydrogen-bond donors (Lipinski definition) is 2. The van der Waals surface area contributed by atoms with Gasteiger partial charge in [-0.2, -0.15) is 0 Å². The van der Waals surface area contributed by atoms with Gasteiger partial charge in [0.05, 0.1) is 11.8 Å². The van der Waals surface area contributed by atoms with Crippen LogP contribution in [0.4, 0.5) is 10.5 Å². The normalized spacial score (nSPS) is 14.4. The number of ether oxygens (including phenoxy) is 1. The quantitative estimate of drug-likeness (QED) is 0.594. The summed E-state index contributed by atoms with van der Waals surface area (Å²) in [5, 5.41) is 12.3. The standard InChI is InChI=1S/C23H24N4O5/c1-2-20(29)19-14-27-13-16(5-8-21(27)25-19)24-22(30)15-3-6-18(7-4-15)32-23(31)26-11-9-17(28)10-12-26/h3-8,13-14,17,28H,2,9-12H2,1H3,(H,24,30). The summed E-state index contributed by atoms with van der Waals surface area (Å²) in [5.41, 5.74) is 1.97. The van der Waals surface area contributed by atoms with Crippen LogP contribution in [-0.4, -0.2) is 56.4 Å². The molecule has 0 aliphatic carbocycles. The number of fused-ring (bicyclic) bond motifs is 1. The van der Waals surface area contributed by atoms with Crippen molar-refractivity contribution in [1.82, 2.24) is 14.3 Å². The fraction of sp³-hybridized carbons (Fsp3) is 0.304. The molecule has 9 heteroatoms. The third-order valence-corrected chi connectivity index (χ3v) is 5.36. The number of piperidine rings is 1. The second-order valence-electron chi connectivity index (χ2n) is 7.65. The number of pyridine rings is 1. The molecule has 2 aromatic heterocycles. The zero-order valence-corrected chi connectivity index (χ0v) is 17.7. The van der Waals surface area contributed by atoms with Crippen molar-refractivity contribution in [2.45, 2.75) is 32.3 Å². The number of carbonyl (C=O) groups excluding carboxylic acids is 3. The molecule has 3 heterocycles. The Morgan fingerprint density at radius 3 is 2.50 bits per heavy atom. The smallest absolute Gasteiger partial charge is 0.410 e. The second-order valence-corrected chi connectivity index (χ2v) is 7.65. The highest BCUT2D eigenvalue weighted by Crippen LogP contribution is 2.18. The van der Waals surface area contributed by atoms with Crippen LogP contribution >= 0.6 is 0 Å². The summed E-state index contributed by atoms with van der Waals surface area (Å²) in [5.74, 6) is -0.0270. The number of aliphatic hydroxyl groups is 1. The van der Waals surface area contributed by atoms with Crippen molar-refractivity contribution < 1.29 is 24.2 Å². The molecule has 2 amide bonds. The van der Waals surface area contributed by atoms with Crippen molar-refractivity contribution in [1.29, 1.82) is 0 Å². The lowest BCUT2D eigenvalue weighted by atomic mass is 10.1. The minimum atomic E-state index is -0.469. The zero-order valence-electron chi connectivity index (χ0n) is 17.7. The van der Waals surface area contributed by atoms with Gasteiger partial charge >= 0.3 is 6.09 Å². The summed E-state index contributed by atoms with van der Waals surface area (Å²) >= 11 is 0. The van der Waals surface area contributed by atoms with Gasteiger partial charge in [-0.15, -0.1) is 0 Å². The molecule has 3 aromatic rings. The number of hydrogen-bond acceptors (Lipinski definition) is 6. The summed E-state index contributed by atoms with van der Waals surface area (Å²) in [6.07, 6.45) is 3.95. The molecule has 0 spiro atoms. The van der Waals surface area contributed by atoms with Gasteiger partial charge < -0.3 is 24.5 Å². The Kier molecular flexibility index (Phi) is 6.18. The molecule has 32 heavy (non-hydrogen) atoms. The zero-order chi connectivity index (χ0) is 22.7. The van der Waals surface area contributed by atoms with E-state index < -0.39 is 6.09 Å². The van der Waals surface area contributed by atoms with Crippen molar-refractivity contribution in [2.24, 2.45) is 0 Å². The second kappa shape index (κ2) is 9.19. The highest BCUT2D eigenvalue weighted by molar-refractivity contribution is 6.04. The predicted molar refractivity (Wildman–Crippen MR) is 117 cm³/mol. The molecular weight excluding hydrogens is 412 g/mol. The molecule has 4 rings (SSSR count). The lowest BCUT2D eigenvalue weighted by molar-refractivity contribution is 0.0797. The van der Waals surface area contributed by atoms with Crippen LogP contribution in [0.1, 0.15) is 47.0 Å². The minimum absolute atomic E-state index is 0.0436. The summed E-state index contributed by atoms with van der Waals surface area (Å²) in [6.45, 7) is 2.69. The van der Waals surface area contributed by atoms with Gasteiger partial charge in [-0.3, -0.25) is 9.59 Å². The van der Waals surface area contributed by atoms with E-state index >= 15 is 0 Å². The van der Waals surface area contributed by atoms with E-state index in [9.17, 15) is 19.5 Å². The number of amides is 2. The molecule has 1 fully saturated rings. The van der Waals surface area contributed by atoms with Gasteiger partial charge in [-0.25, -0.2) is 9.78 Å². The molecule has 2 N–H and O–H groups in total. The first-order valence-electron chi connectivity index (χ1n) is 10.5. The maximum atomic E-state index is 12.6. The lowest BCUT2D eigenvalue weighted by Crippen LogP contribution is -2.41. The molecule has 1 aromatic carbocycles. The van der Waals surface area contributed by atoms with E-state index in [1.165, 1.54) is 0 Å². The summed E-state index contributed by atoms with van der Waals surface area (Å²) in [7, 11) is 0. The number of anilines is 1. The Balaban J connectivity index is 1.38. The van der Waals surface area contributed by atoms with E-state index in [-0.39, 0.29) is 17.8 Å². The molecule has 1 saturated heterocycles. The molecule has 0 saturated carbocycles. The Labute approximate surface area is 184 Å². The number of imidazole rings is 1. The molecule has 0 atom stereocenters. The number of carbonyl (C=O) groups is 3. The van der Waals surface area contributed by atoms with E-state index in [0.29, 0.717) is 60.7 Å². The summed E-state index contributed by atoms with van der Waals surface area (Å²) in [6, 6.07) is 9.72. The molecule has 1 aliphatic rings. The predicted octanol–water partition coefficient (Wildman–Crippen LogP) is 3.13. The van der Waals surface area contributed by atoms with E-state index in [2.05, 4.69) is 10.3 Å². The SMILES string of the molecule is CCC(=O)c1cn2cc(NC(=O)c3ccc(OC(=O)N4CCC(O)CC4)cc3)ccc2n1. The number of Topliss-reactive ketones (excluding diaryl/α,β-unsaturated/α-hetero) is 1. The average molecular weight is 436 g/mol. The van der Waals surface area contributed by atoms with Gasteiger partial charge in [0.2, 0.25) is 0 Å². The summed E-state index contributed by atoms with van der Waals surface area (Å²) in [4.78, 5) is 42.5. The van der Waals surface area contributed by atoms with Crippen molar-refractivity contribution in [3.63, 3.8) is 0 Å². The Morgan fingerprint density at radius 1 is 1.09 bits per heavy atom. The van der Waals surface area contributed by atoms with Crippen LogP contribution in [-0.2, 0) is 0 Å². The molecule has 166 valence electrons. The Morgan fingerprint density at radius 2 is 1.81 bits per heavy atom. The number of ketones is 1. The fourth-order valence-corrected chi connectivity index (χ4v) is 3.47. The lowest BCUT2D eigenvalue weighted by Gasteiger charge is -2.28. The van der Waals surface area contributed by atoms with Gasteiger partial charge in [0.1, 0.15) is 17.1 Å². The number of nitrogens with one attached hydrogen (secondary N) is 1. The van der Waals surface area contributed by atoms with Crippen LogP contribution in [0.25, 0.3) is 5.65 Å². The molecule has 9 nitrogen and oxygen atoms in total. The van der Waals surface area contributed by atoms with E-state index in [4.69, 9.17) is 4.74 Å². The number of benzene rings is 1. The first-order chi connectivity index (χ1) is 15.4. The van der Waals surface area contributed by atoms with Crippen molar-refractivity contribution in [3.05, 3.63) is 60.0 Å². The largest absolute Gasteiger partial charge is 0.415 e. The van der Waals surface area contributed by atoms with Crippen molar-refractivity contribution in [2.75, 3.05) is 18.4 Å². The van der Waals surface area contributed by atoms with Crippen LogP contribution in [0.3, 0.4) is 0 Å². The highest BCUT2D eigenvalue weighted by atomic mass is 16.6. The van der Waals surface area contributed by atoms with Crippen LogP contribution in [0.15, 0.2) is 48.8 Å². The number of aromatic nitrogens is 2. The van der Waals surface area contributed by atoms with Crippen LogP contribution in [0.5, 0.6) is 5.75 Å². The molecule has 0 bridgehead atoms.